The average Bonchev–Trinajstić information content (AvgIpc) is 2.89. The van der Waals surface area contributed by atoms with Crippen LogP contribution in [0, 0.1) is 13.8 Å². The van der Waals surface area contributed by atoms with E-state index in [4.69, 9.17) is 0 Å². The molecule has 0 aliphatic carbocycles. The molecule has 1 N–H and O–H groups in total. The van der Waals surface area contributed by atoms with Crippen molar-refractivity contribution in [2.45, 2.75) is 20.4 Å². The molecule has 3 aromatic rings. The molecule has 0 amide bonds. The summed E-state index contributed by atoms with van der Waals surface area (Å²) < 4.78 is 3.65. The van der Waals surface area contributed by atoms with Crippen molar-refractivity contribution in [2.75, 3.05) is 5.32 Å². The summed E-state index contributed by atoms with van der Waals surface area (Å²) in [4.78, 5) is 16.3. The predicted octanol–water partition coefficient (Wildman–Crippen LogP) is 2.80. The molecule has 1 aromatic carbocycles. The summed E-state index contributed by atoms with van der Waals surface area (Å²) >= 11 is 0. The number of hydrogen-bond acceptors (Lipinski definition) is 3. The highest BCUT2D eigenvalue weighted by Gasteiger charge is 2.05. The van der Waals surface area contributed by atoms with E-state index in [9.17, 15) is 4.79 Å². The molecule has 0 atom stereocenters. The standard InChI is InChI=1S/C18H20N4O/c1-13-14(2)22(12-20-13)17-8-6-16(7-9-17)19-11-15-5-4-10-21(3)18(15)23/h4-10,12,19H,11H2,1-3H3. The van der Waals surface area contributed by atoms with Gasteiger partial charge in [0.05, 0.1) is 12.0 Å². The molecule has 0 aliphatic heterocycles. The number of imidazole rings is 1. The predicted molar refractivity (Wildman–Crippen MR) is 92.0 cm³/mol. The number of rotatable bonds is 4. The van der Waals surface area contributed by atoms with Gasteiger partial charge in [-0.15, -0.1) is 0 Å². The molecule has 0 spiro atoms. The van der Waals surface area contributed by atoms with Crippen LogP contribution in [0.25, 0.3) is 5.69 Å². The molecule has 0 saturated carbocycles. The van der Waals surface area contributed by atoms with Gasteiger partial charge in [0.25, 0.3) is 5.56 Å². The normalized spacial score (nSPS) is 10.7. The number of hydrogen-bond donors (Lipinski definition) is 1. The summed E-state index contributed by atoms with van der Waals surface area (Å²) in [5, 5.41) is 3.29. The SMILES string of the molecule is Cc1ncn(-c2ccc(NCc3cccn(C)c3=O)cc2)c1C. The zero-order valence-corrected chi connectivity index (χ0v) is 13.6. The smallest absolute Gasteiger partial charge is 0.255 e. The number of aryl methyl sites for hydroxylation is 2. The first kappa shape index (κ1) is 15.1. The first-order chi connectivity index (χ1) is 11.1. The van der Waals surface area contributed by atoms with Crippen LogP contribution in [0.5, 0.6) is 0 Å². The zero-order valence-electron chi connectivity index (χ0n) is 13.6. The number of pyridine rings is 1. The average molecular weight is 308 g/mol. The van der Waals surface area contributed by atoms with Gasteiger partial charge in [0.1, 0.15) is 0 Å². The molecule has 0 radical (unpaired) electrons. The van der Waals surface area contributed by atoms with Crippen LogP contribution in [0.2, 0.25) is 0 Å². The van der Waals surface area contributed by atoms with Gasteiger partial charge in [-0.05, 0) is 44.2 Å². The lowest BCUT2D eigenvalue weighted by Gasteiger charge is -2.09. The van der Waals surface area contributed by atoms with E-state index in [-0.39, 0.29) is 5.56 Å². The summed E-state index contributed by atoms with van der Waals surface area (Å²) in [6.07, 6.45) is 3.59. The van der Waals surface area contributed by atoms with E-state index >= 15 is 0 Å². The van der Waals surface area contributed by atoms with Crippen LogP contribution in [0.15, 0.2) is 53.7 Å². The Kier molecular flexibility index (Phi) is 4.02. The molecule has 2 aromatic heterocycles. The van der Waals surface area contributed by atoms with Gasteiger partial charge in [0.15, 0.2) is 0 Å². The maximum absolute atomic E-state index is 12.0. The lowest BCUT2D eigenvalue weighted by molar-refractivity contribution is 0.837. The van der Waals surface area contributed by atoms with Crippen molar-refractivity contribution in [3.05, 3.63) is 76.2 Å². The van der Waals surface area contributed by atoms with Gasteiger partial charge in [-0.2, -0.15) is 0 Å². The van der Waals surface area contributed by atoms with E-state index in [1.807, 2.05) is 49.6 Å². The third kappa shape index (κ3) is 3.04. The van der Waals surface area contributed by atoms with Crippen molar-refractivity contribution >= 4 is 5.69 Å². The van der Waals surface area contributed by atoms with Gasteiger partial charge in [-0.25, -0.2) is 4.98 Å². The molecular formula is C18H20N4O. The highest BCUT2D eigenvalue weighted by Crippen LogP contribution is 2.17. The number of anilines is 1. The van der Waals surface area contributed by atoms with E-state index in [1.54, 1.807) is 17.8 Å². The summed E-state index contributed by atoms with van der Waals surface area (Å²) in [6, 6.07) is 11.8. The second-order valence-corrected chi connectivity index (χ2v) is 5.64. The Balaban J connectivity index is 1.74. The van der Waals surface area contributed by atoms with Crippen molar-refractivity contribution in [3.8, 4) is 5.69 Å². The molecule has 118 valence electrons. The van der Waals surface area contributed by atoms with Crippen LogP contribution >= 0.6 is 0 Å². The maximum atomic E-state index is 12.0. The molecule has 5 nitrogen and oxygen atoms in total. The first-order valence-electron chi connectivity index (χ1n) is 7.55. The van der Waals surface area contributed by atoms with Gasteiger partial charge in [-0.1, -0.05) is 6.07 Å². The molecule has 3 rings (SSSR count). The number of aromatic nitrogens is 3. The summed E-state index contributed by atoms with van der Waals surface area (Å²) in [5.74, 6) is 0. The van der Waals surface area contributed by atoms with Crippen LogP contribution in [0.1, 0.15) is 17.0 Å². The summed E-state index contributed by atoms with van der Waals surface area (Å²) in [6.45, 7) is 4.57. The molecule has 0 bridgehead atoms. The highest BCUT2D eigenvalue weighted by molar-refractivity contribution is 5.49. The minimum absolute atomic E-state index is 0.0288. The molecular weight excluding hydrogens is 288 g/mol. The number of nitrogens with zero attached hydrogens (tertiary/aromatic N) is 3. The van der Waals surface area contributed by atoms with Crippen molar-refractivity contribution in [1.29, 1.82) is 0 Å². The molecule has 5 heteroatoms. The van der Waals surface area contributed by atoms with E-state index in [2.05, 4.69) is 21.8 Å². The van der Waals surface area contributed by atoms with Gasteiger partial charge in [0.2, 0.25) is 0 Å². The minimum Gasteiger partial charge on any atom is -0.381 e. The van der Waals surface area contributed by atoms with E-state index in [0.717, 1.165) is 28.3 Å². The lowest BCUT2D eigenvalue weighted by Crippen LogP contribution is -2.21. The van der Waals surface area contributed by atoms with E-state index < -0.39 is 0 Å². The first-order valence-corrected chi connectivity index (χ1v) is 7.55. The molecule has 0 unspecified atom stereocenters. The van der Waals surface area contributed by atoms with Crippen LogP contribution < -0.4 is 10.9 Å². The van der Waals surface area contributed by atoms with Crippen molar-refractivity contribution in [3.63, 3.8) is 0 Å². The van der Waals surface area contributed by atoms with Crippen molar-refractivity contribution < 1.29 is 0 Å². The third-order valence-corrected chi connectivity index (χ3v) is 4.08. The van der Waals surface area contributed by atoms with Gasteiger partial charge < -0.3 is 14.5 Å². The minimum atomic E-state index is 0.0288. The lowest BCUT2D eigenvalue weighted by atomic mass is 10.2. The van der Waals surface area contributed by atoms with Crippen LogP contribution in [-0.2, 0) is 13.6 Å². The Labute approximate surface area is 135 Å². The Bertz CT molecular complexity index is 875. The van der Waals surface area contributed by atoms with E-state index in [1.165, 1.54) is 0 Å². The monoisotopic (exact) mass is 308 g/mol. The highest BCUT2D eigenvalue weighted by atomic mass is 16.1. The topological polar surface area (TPSA) is 51.9 Å². The third-order valence-electron chi connectivity index (χ3n) is 4.08. The molecule has 0 fully saturated rings. The second-order valence-electron chi connectivity index (χ2n) is 5.64. The largest absolute Gasteiger partial charge is 0.381 e. The molecule has 0 saturated heterocycles. The van der Waals surface area contributed by atoms with E-state index in [0.29, 0.717) is 6.54 Å². The van der Waals surface area contributed by atoms with Crippen LogP contribution in [0.3, 0.4) is 0 Å². The van der Waals surface area contributed by atoms with Gasteiger partial charge >= 0.3 is 0 Å². The Hall–Kier alpha value is -2.82. The molecule has 2 heterocycles. The van der Waals surface area contributed by atoms with Crippen LogP contribution in [0.4, 0.5) is 5.69 Å². The maximum Gasteiger partial charge on any atom is 0.255 e. The Morgan fingerprint density at radius 1 is 1.13 bits per heavy atom. The van der Waals surface area contributed by atoms with Gasteiger partial charge in [0, 0.05) is 42.4 Å². The fraction of sp³-hybridized carbons (Fsp3) is 0.222. The van der Waals surface area contributed by atoms with Crippen molar-refractivity contribution in [1.82, 2.24) is 14.1 Å². The molecule has 0 aliphatic rings. The second kappa shape index (κ2) is 6.12. The quantitative estimate of drug-likeness (QED) is 0.806. The number of benzene rings is 1. The molecule has 23 heavy (non-hydrogen) atoms. The van der Waals surface area contributed by atoms with Crippen LogP contribution in [-0.4, -0.2) is 14.1 Å². The number of nitrogens with one attached hydrogen (secondary N) is 1. The van der Waals surface area contributed by atoms with Gasteiger partial charge in [-0.3, -0.25) is 4.79 Å². The fourth-order valence-electron chi connectivity index (χ4n) is 2.48. The summed E-state index contributed by atoms with van der Waals surface area (Å²) in [7, 11) is 1.76. The zero-order chi connectivity index (χ0) is 16.4. The fourth-order valence-corrected chi connectivity index (χ4v) is 2.48. The Morgan fingerprint density at radius 2 is 1.87 bits per heavy atom. The summed E-state index contributed by atoms with van der Waals surface area (Å²) in [5.41, 5.74) is 5.00. The Morgan fingerprint density at radius 3 is 2.52 bits per heavy atom. The van der Waals surface area contributed by atoms with Crippen molar-refractivity contribution in [2.24, 2.45) is 7.05 Å².